The van der Waals surface area contributed by atoms with E-state index in [9.17, 15) is 4.79 Å². The monoisotopic (exact) mass is 459 g/mol. The zero-order valence-corrected chi connectivity index (χ0v) is 19.6. The van der Waals surface area contributed by atoms with E-state index in [0.717, 1.165) is 60.3 Å². The number of tetrazole rings is 1. The van der Waals surface area contributed by atoms with Crippen LogP contribution in [0.5, 0.6) is 5.75 Å². The number of rotatable bonds is 7. The Morgan fingerprint density at radius 2 is 1.94 bits per heavy atom. The van der Waals surface area contributed by atoms with Crippen LogP contribution in [0.3, 0.4) is 0 Å². The highest BCUT2D eigenvalue weighted by atomic mass is 16.5. The Kier molecular flexibility index (Phi) is 6.24. The van der Waals surface area contributed by atoms with Crippen LogP contribution in [0.15, 0.2) is 48.5 Å². The van der Waals surface area contributed by atoms with Crippen LogP contribution in [-0.4, -0.2) is 62.8 Å². The van der Waals surface area contributed by atoms with Gasteiger partial charge in [0.05, 0.1) is 6.61 Å². The van der Waals surface area contributed by atoms with Gasteiger partial charge in [-0.2, -0.15) is 0 Å². The minimum atomic E-state index is -0.00648. The molecule has 1 fully saturated rings. The summed E-state index contributed by atoms with van der Waals surface area (Å²) in [5.41, 5.74) is 1.69. The maximum atomic E-state index is 13.4. The number of ether oxygens (including phenoxy) is 1. The number of anilines is 1. The topological polar surface area (TPSA) is 88.8 Å². The first kappa shape index (κ1) is 22.1. The fraction of sp³-hybridized carbons (Fsp3) is 0.400. The summed E-state index contributed by atoms with van der Waals surface area (Å²) in [6, 6.07) is 16.2. The van der Waals surface area contributed by atoms with Gasteiger partial charge < -0.3 is 14.5 Å². The second kappa shape index (κ2) is 9.62. The summed E-state index contributed by atoms with van der Waals surface area (Å²) in [6.45, 7) is 4.82. The van der Waals surface area contributed by atoms with Crippen molar-refractivity contribution in [2.24, 2.45) is 5.92 Å². The molecule has 0 saturated carbocycles. The number of benzene rings is 2. The number of carbonyl (C=O) groups excluding carboxylic acids is 1. The highest BCUT2D eigenvalue weighted by Gasteiger charge is 2.28. The molecule has 0 bridgehead atoms. The van der Waals surface area contributed by atoms with E-state index in [1.807, 2.05) is 42.3 Å². The van der Waals surface area contributed by atoms with Crippen molar-refractivity contribution >= 4 is 28.1 Å². The molecule has 0 unspecified atom stereocenters. The zero-order chi connectivity index (χ0) is 23.5. The van der Waals surface area contributed by atoms with Crippen LogP contribution in [0.25, 0.3) is 16.4 Å². The van der Waals surface area contributed by atoms with Crippen LogP contribution in [0.2, 0.25) is 0 Å². The number of fused-ring (bicyclic) bond motifs is 2. The smallest absolute Gasteiger partial charge is 0.225 e. The first-order valence-electron chi connectivity index (χ1n) is 11.8. The summed E-state index contributed by atoms with van der Waals surface area (Å²) in [7, 11) is 1.90. The molecule has 0 radical (unpaired) electrons. The van der Waals surface area contributed by atoms with E-state index in [2.05, 4.69) is 50.6 Å². The van der Waals surface area contributed by atoms with Crippen molar-refractivity contribution in [2.45, 2.75) is 32.7 Å². The summed E-state index contributed by atoms with van der Waals surface area (Å²) >= 11 is 0. The first-order valence-corrected chi connectivity index (χ1v) is 11.8. The molecule has 1 aliphatic rings. The number of hydrogen-bond acceptors (Lipinski definition) is 7. The van der Waals surface area contributed by atoms with Crippen molar-refractivity contribution in [2.75, 3.05) is 31.6 Å². The van der Waals surface area contributed by atoms with Crippen LogP contribution in [0.4, 0.5) is 5.82 Å². The van der Waals surface area contributed by atoms with Gasteiger partial charge in [0.1, 0.15) is 5.75 Å². The molecular weight excluding hydrogens is 430 g/mol. The third kappa shape index (κ3) is 4.37. The molecule has 2 aromatic heterocycles. The number of hydrogen-bond donors (Lipinski definition) is 0. The van der Waals surface area contributed by atoms with Gasteiger partial charge in [0.15, 0.2) is 11.5 Å². The Bertz CT molecular complexity index is 1300. The third-order valence-electron chi connectivity index (χ3n) is 6.45. The molecule has 0 aliphatic carbocycles. The van der Waals surface area contributed by atoms with Crippen molar-refractivity contribution in [3.05, 3.63) is 54.1 Å². The number of amides is 1. The molecule has 176 valence electrons. The molecule has 9 nitrogen and oxygen atoms in total. The molecule has 0 spiro atoms. The highest BCUT2D eigenvalue weighted by molar-refractivity contribution is 5.88. The van der Waals surface area contributed by atoms with Gasteiger partial charge >= 0.3 is 0 Å². The largest absolute Gasteiger partial charge is 0.493 e. The van der Waals surface area contributed by atoms with E-state index in [0.29, 0.717) is 18.8 Å². The predicted molar refractivity (Wildman–Crippen MR) is 130 cm³/mol. The van der Waals surface area contributed by atoms with Crippen LogP contribution < -0.4 is 9.64 Å². The Labute approximate surface area is 198 Å². The zero-order valence-electron chi connectivity index (χ0n) is 19.6. The van der Waals surface area contributed by atoms with E-state index < -0.39 is 0 Å². The van der Waals surface area contributed by atoms with Gasteiger partial charge in [-0.1, -0.05) is 37.3 Å². The van der Waals surface area contributed by atoms with Crippen LogP contribution >= 0.6 is 0 Å². The molecule has 1 saturated heterocycles. The van der Waals surface area contributed by atoms with Crippen molar-refractivity contribution in [3.8, 4) is 5.75 Å². The van der Waals surface area contributed by atoms with Crippen LogP contribution in [0.1, 0.15) is 31.7 Å². The Morgan fingerprint density at radius 3 is 2.76 bits per heavy atom. The van der Waals surface area contributed by atoms with Gasteiger partial charge in [-0.25, -0.2) is 0 Å². The average Bonchev–Trinajstić information content (AvgIpc) is 3.36. The van der Waals surface area contributed by atoms with E-state index in [1.54, 1.807) is 0 Å². The van der Waals surface area contributed by atoms with Gasteiger partial charge in [-0.15, -0.1) is 14.8 Å². The number of carbonyl (C=O) groups is 1. The predicted octanol–water partition coefficient (Wildman–Crippen LogP) is 3.34. The Balaban J connectivity index is 1.27. The second-order valence-corrected chi connectivity index (χ2v) is 8.79. The SMILES string of the molecule is CCCOc1ccc2ccccc2c1CN(C)C(=O)C1CCN(c2ccc3nnnn3n2)CC1. The lowest BCUT2D eigenvalue weighted by Crippen LogP contribution is -2.41. The first-order chi connectivity index (χ1) is 16.6. The lowest BCUT2D eigenvalue weighted by molar-refractivity contribution is -0.135. The van der Waals surface area contributed by atoms with Gasteiger partial charge in [0, 0.05) is 38.2 Å². The minimum absolute atomic E-state index is 0.00648. The molecule has 0 N–H and O–H groups in total. The van der Waals surface area contributed by atoms with Gasteiger partial charge in [-0.05, 0) is 58.7 Å². The lowest BCUT2D eigenvalue weighted by Gasteiger charge is -2.34. The normalized spacial score (nSPS) is 14.6. The molecule has 2 aromatic carbocycles. The molecule has 1 aliphatic heterocycles. The molecule has 5 rings (SSSR count). The maximum absolute atomic E-state index is 13.4. The quantitative estimate of drug-likeness (QED) is 0.419. The molecule has 1 amide bonds. The highest BCUT2D eigenvalue weighted by Crippen LogP contribution is 2.31. The van der Waals surface area contributed by atoms with Gasteiger partial charge in [-0.3, -0.25) is 4.79 Å². The summed E-state index contributed by atoms with van der Waals surface area (Å²) in [4.78, 5) is 17.4. The summed E-state index contributed by atoms with van der Waals surface area (Å²) in [5, 5.41) is 18.2. The standard InChI is InChI=1S/C25H29N7O2/c1-3-16-34-22-9-8-18-6-4-5-7-20(18)21(22)17-30(2)25(33)19-12-14-31(15-13-19)24-11-10-23-26-28-29-32(23)27-24/h4-11,19H,3,12-17H2,1-2H3. The van der Waals surface area contributed by atoms with Gasteiger partial charge in [0.25, 0.3) is 0 Å². The minimum Gasteiger partial charge on any atom is -0.493 e. The molecule has 4 aromatic rings. The fourth-order valence-corrected chi connectivity index (χ4v) is 4.62. The van der Waals surface area contributed by atoms with Crippen molar-refractivity contribution in [1.82, 2.24) is 30.2 Å². The molecular formula is C25H29N7O2. The molecule has 3 heterocycles. The summed E-state index contributed by atoms with van der Waals surface area (Å²) in [6.07, 6.45) is 2.51. The van der Waals surface area contributed by atoms with E-state index in [4.69, 9.17) is 4.74 Å². The van der Waals surface area contributed by atoms with Crippen molar-refractivity contribution in [1.29, 1.82) is 0 Å². The fourth-order valence-electron chi connectivity index (χ4n) is 4.62. The average molecular weight is 460 g/mol. The van der Waals surface area contributed by atoms with E-state index in [-0.39, 0.29) is 11.8 Å². The lowest BCUT2D eigenvalue weighted by atomic mass is 9.95. The second-order valence-electron chi connectivity index (χ2n) is 8.79. The number of piperidine rings is 1. The number of aromatic nitrogens is 5. The van der Waals surface area contributed by atoms with E-state index >= 15 is 0 Å². The van der Waals surface area contributed by atoms with Crippen LogP contribution in [0, 0.1) is 5.92 Å². The molecule has 9 heteroatoms. The van der Waals surface area contributed by atoms with Crippen molar-refractivity contribution in [3.63, 3.8) is 0 Å². The van der Waals surface area contributed by atoms with Crippen LogP contribution in [-0.2, 0) is 11.3 Å². The maximum Gasteiger partial charge on any atom is 0.225 e. The Morgan fingerprint density at radius 1 is 1.12 bits per heavy atom. The van der Waals surface area contributed by atoms with Crippen molar-refractivity contribution < 1.29 is 9.53 Å². The molecule has 0 atom stereocenters. The Hall–Kier alpha value is -3.75. The summed E-state index contributed by atoms with van der Waals surface area (Å²) in [5.74, 6) is 1.86. The molecule has 34 heavy (non-hydrogen) atoms. The van der Waals surface area contributed by atoms with E-state index in [1.165, 1.54) is 4.63 Å². The van der Waals surface area contributed by atoms with Gasteiger partial charge in [0.2, 0.25) is 5.91 Å². The number of nitrogens with zero attached hydrogens (tertiary/aromatic N) is 7. The third-order valence-corrected chi connectivity index (χ3v) is 6.45. The summed E-state index contributed by atoms with van der Waals surface area (Å²) < 4.78 is 7.47.